The first kappa shape index (κ1) is 36.0. The molecule has 10 nitrogen and oxygen atoms in total. The van der Waals surface area contributed by atoms with Crippen LogP contribution in [0.4, 0.5) is 0 Å². The van der Waals surface area contributed by atoms with Crippen LogP contribution in [0.5, 0.6) is 0 Å². The number of phosphoric acid groups is 2. The summed E-state index contributed by atoms with van der Waals surface area (Å²) in [5.74, 6) is -0.277. The van der Waals surface area contributed by atoms with E-state index in [9.17, 15) is 28.7 Å². The Morgan fingerprint density at radius 1 is 0.962 bits per heavy atom. The van der Waals surface area contributed by atoms with Crippen molar-refractivity contribution in [3.05, 3.63) is 48.7 Å². The molecule has 0 aliphatic carbocycles. The molecule has 2 aliphatic heterocycles. The van der Waals surface area contributed by atoms with E-state index in [0.29, 0.717) is 0 Å². The molecule has 0 saturated heterocycles. The summed E-state index contributed by atoms with van der Waals surface area (Å²) in [7, 11) is -9.91. The van der Waals surface area contributed by atoms with Crippen molar-refractivity contribution in [3.63, 3.8) is 0 Å². The smallest absolute Gasteiger partial charge is 0.790 e. The Labute approximate surface area is 239 Å². The number of phosphoric ester groups is 2. The standard InChI is InChI=1S/2C5H7O5P.4Na/c2*6-11(7,8)10-5-3-1-2-4-9-5;;;;/h1-3H,4H2,(H2,6,7,8);1-5H,(H2,6,7,8);;;;/q;;4*+1/p-4. The monoisotopic (exact) mass is 444 g/mol. The summed E-state index contributed by atoms with van der Waals surface area (Å²) in [5.41, 5.74) is 0. The Morgan fingerprint density at radius 2 is 1.58 bits per heavy atom. The molecule has 0 radical (unpaired) electrons. The molecule has 0 saturated carbocycles. The molecule has 16 heteroatoms. The quantitative estimate of drug-likeness (QED) is 0.301. The van der Waals surface area contributed by atoms with Crippen LogP contribution < -0.4 is 138 Å². The third-order valence-electron chi connectivity index (χ3n) is 1.80. The summed E-state index contributed by atoms with van der Waals surface area (Å²) in [6.45, 7) is 0.214. The van der Waals surface area contributed by atoms with Crippen molar-refractivity contribution >= 4 is 15.6 Å². The average Bonchev–Trinajstić information content (AvgIpc) is 2.38. The summed E-state index contributed by atoms with van der Waals surface area (Å²) in [4.78, 5) is 40.0. The first-order valence-electron chi connectivity index (χ1n) is 5.56. The Balaban J connectivity index is -0.000000161. The van der Waals surface area contributed by atoms with Crippen molar-refractivity contribution in [2.75, 3.05) is 6.61 Å². The molecular formula is C10H10Na4O10P2. The molecule has 0 aromatic heterocycles. The van der Waals surface area contributed by atoms with E-state index in [2.05, 4.69) is 18.5 Å². The van der Waals surface area contributed by atoms with E-state index < -0.39 is 21.9 Å². The molecule has 2 heterocycles. The molecule has 2 rings (SSSR count). The zero-order valence-electron chi connectivity index (χ0n) is 14.8. The van der Waals surface area contributed by atoms with Gasteiger partial charge in [-0.1, -0.05) is 12.2 Å². The molecular weight excluding hydrogens is 434 g/mol. The third kappa shape index (κ3) is 21.3. The van der Waals surface area contributed by atoms with E-state index in [4.69, 9.17) is 0 Å². The zero-order chi connectivity index (χ0) is 16.6. The van der Waals surface area contributed by atoms with E-state index >= 15 is 0 Å². The predicted molar refractivity (Wildman–Crippen MR) is 63.7 cm³/mol. The summed E-state index contributed by atoms with van der Waals surface area (Å²) in [6.07, 6.45) is 8.93. The molecule has 0 amide bonds. The van der Waals surface area contributed by atoms with Crippen LogP contribution in [-0.2, 0) is 27.7 Å². The van der Waals surface area contributed by atoms with Crippen LogP contribution in [-0.4, -0.2) is 12.9 Å². The van der Waals surface area contributed by atoms with Crippen LogP contribution in [0.2, 0.25) is 0 Å². The van der Waals surface area contributed by atoms with Gasteiger partial charge in [-0.2, -0.15) is 0 Å². The number of hydrogen-bond donors (Lipinski definition) is 0. The van der Waals surface area contributed by atoms with Crippen molar-refractivity contribution in [3.8, 4) is 0 Å². The zero-order valence-corrected chi connectivity index (χ0v) is 24.6. The molecule has 124 valence electrons. The van der Waals surface area contributed by atoms with Gasteiger partial charge in [0.05, 0.1) is 14.1 Å². The van der Waals surface area contributed by atoms with Crippen molar-refractivity contribution in [1.29, 1.82) is 0 Å². The fourth-order valence-corrected chi connectivity index (χ4v) is 1.81. The van der Waals surface area contributed by atoms with Gasteiger partial charge in [-0.3, -0.25) is 0 Å². The third-order valence-corrected chi connectivity index (χ3v) is 2.67. The summed E-state index contributed by atoms with van der Waals surface area (Å²) < 4.78 is 37.1. The summed E-state index contributed by atoms with van der Waals surface area (Å²) >= 11 is 0. The minimum Gasteiger partial charge on any atom is -0.790 e. The van der Waals surface area contributed by atoms with Gasteiger partial charge in [0.2, 0.25) is 6.29 Å². The molecule has 0 spiro atoms. The van der Waals surface area contributed by atoms with Gasteiger partial charge in [0.25, 0.3) is 5.95 Å². The van der Waals surface area contributed by atoms with E-state index in [-0.39, 0.29) is 131 Å². The molecule has 0 aromatic rings. The van der Waals surface area contributed by atoms with Crippen LogP contribution in [0.15, 0.2) is 48.7 Å². The fourth-order valence-electron chi connectivity index (χ4n) is 1.10. The molecule has 0 aromatic carbocycles. The normalized spacial score (nSPS) is 17.1. The number of allylic oxidation sites excluding steroid dienone is 4. The molecule has 26 heavy (non-hydrogen) atoms. The molecule has 2 aliphatic rings. The van der Waals surface area contributed by atoms with Crippen LogP contribution >= 0.6 is 15.6 Å². The maximum absolute atomic E-state index is 10.0. The molecule has 0 bridgehead atoms. The Bertz CT molecular complexity index is 582. The summed E-state index contributed by atoms with van der Waals surface area (Å²) in [5, 5.41) is 0. The Hall–Kier alpha value is 2.62. The first-order chi connectivity index (χ1) is 10.2. The van der Waals surface area contributed by atoms with Gasteiger partial charge in [0, 0.05) is 6.08 Å². The topological polar surface area (TPSA) is 163 Å². The van der Waals surface area contributed by atoms with Crippen LogP contribution in [0.3, 0.4) is 0 Å². The molecule has 1 atom stereocenters. The van der Waals surface area contributed by atoms with Gasteiger partial charge in [-0.25, -0.2) is 0 Å². The largest absolute Gasteiger partial charge is 1.00 e. The molecule has 0 N–H and O–H groups in total. The van der Waals surface area contributed by atoms with E-state index in [1.807, 2.05) is 0 Å². The molecule has 0 fully saturated rings. The van der Waals surface area contributed by atoms with Gasteiger partial charge in [-0.05, 0) is 18.2 Å². The maximum Gasteiger partial charge on any atom is 1.00 e. The van der Waals surface area contributed by atoms with Gasteiger partial charge >= 0.3 is 118 Å². The van der Waals surface area contributed by atoms with E-state index in [0.717, 1.165) is 0 Å². The maximum atomic E-state index is 10.0. The van der Waals surface area contributed by atoms with Crippen molar-refractivity contribution < 1.29 is 165 Å². The van der Waals surface area contributed by atoms with Crippen LogP contribution in [0.1, 0.15) is 0 Å². The predicted octanol–water partition coefficient (Wildman–Crippen LogP) is -13.5. The van der Waals surface area contributed by atoms with Gasteiger partial charge in [0.15, 0.2) is 0 Å². The van der Waals surface area contributed by atoms with E-state index in [1.165, 1.54) is 30.6 Å². The molecule has 1 unspecified atom stereocenters. The van der Waals surface area contributed by atoms with Crippen LogP contribution in [0.25, 0.3) is 0 Å². The fraction of sp³-hybridized carbons (Fsp3) is 0.200. The van der Waals surface area contributed by atoms with Crippen molar-refractivity contribution in [1.82, 2.24) is 0 Å². The first-order valence-corrected chi connectivity index (χ1v) is 8.48. The number of ether oxygens (including phenoxy) is 2. The minimum atomic E-state index is -4.96. The van der Waals surface area contributed by atoms with Gasteiger partial charge < -0.3 is 47.2 Å². The SMILES string of the molecule is O=P([O-])([O-])OC1=CC=CCO1.O=P([O-])([O-])OC1C=CC=CO1.[Na+].[Na+].[Na+].[Na+]. The summed E-state index contributed by atoms with van der Waals surface area (Å²) in [6, 6.07) is 0. The van der Waals surface area contributed by atoms with Crippen molar-refractivity contribution in [2.24, 2.45) is 0 Å². The minimum absolute atomic E-state index is 0. The average molecular weight is 444 g/mol. The van der Waals surface area contributed by atoms with E-state index in [1.54, 1.807) is 12.2 Å². The number of hydrogen-bond acceptors (Lipinski definition) is 10. The Morgan fingerprint density at radius 3 is 1.96 bits per heavy atom. The second-order valence-electron chi connectivity index (χ2n) is 3.53. The van der Waals surface area contributed by atoms with Gasteiger partial charge in [0.1, 0.15) is 14.4 Å². The van der Waals surface area contributed by atoms with Gasteiger partial charge in [-0.15, -0.1) is 0 Å². The number of rotatable bonds is 4. The second kappa shape index (κ2) is 18.4. The van der Waals surface area contributed by atoms with Crippen molar-refractivity contribution in [2.45, 2.75) is 6.29 Å². The Kier molecular flexibility index (Phi) is 25.5. The van der Waals surface area contributed by atoms with Crippen LogP contribution in [0, 0.1) is 0 Å². The second-order valence-corrected chi connectivity index (χ2v) is 5.72.